The molecule has 40 heavy (non-hydrogen) atoms. The molecule has 4 aromatic rings. The van der Waals surface area contributed by atoms with Gasteiger partial charge < -0.3 is 20.7 Å². The van der Waals surface area contributed by atoms with Crippen LogP contribution in [-0.4, -0.2) is 60.3 Å². The molecule has 5 rings (SSSR count). The number of nitrogens with zero attached hydrogens (tertiary/aromatic N) is 6. The molecular weight excluding hydrogens is 508 g/mol. The summed E-state index contributed by atoms with van der Waals surface area (Å²) in [5.41, 5.74) is 8.35. The Morgan fingerprint density at radius 2 is 1.85 bits per heavy atom. The van der Waals surface area contributed by atoms with Gasteiger partial charge in [-0.25, -0.2) is 24.4 Å². The highest BCUT2D eigenvalue weighted by atomic mass is 16.6. The maximum atomic E-state index is 12.8. The lowest BCUT2D eigenvalue weighted by molar-refractivity contribution is 0.0232. The average Bonchev–Trinajstić information content (AvgIpc) is 3.19. The molecule has 1 unspecified atom stereocenters. The molecule has 0 aliphatic carbocycles. The first-order valence-electron chi connectivity index (χ1n) is 13.4. The molecule has 1 saturated heterocycles. The lowest BCUT2D eigenvalue weighted by atomic mass is 9.99. The number of amides is 2. The second kappa shape index (κ2) is 10.9. The van der Waals surface area contributed by atoms with Crippen molar-refractivity contribution in [2.45, 2.75) is 52.2 Å². The maximum absolute atomic E-state index is 12.8. The SMILES string of the molecule is C[C@H]1CN(C(=O)OC(C)(C)C)CCCC1n1nc(-c2ccc(C(=O)Nc3ccccn3)cc2)c2c(N)ncnc21. The number of rotatable bonds is 4. The van der Waals surface area contributed by atoms with Crippen molar-refractivity contribution < 1.29 is 14.3 Å². The first kappa shape index (κ1) is 27.0. The lowest BCUT2D eigenvalue weighted by Gasteiger charge is -2.28. The van der Waals surface area contributed by atoms with Crippen molar-refractivity contribution in [2.75, 3.05) is 24.1 Å². The molecule has 0 radical (unpaired) electrons. The van der Waals surface area contributed by atoms with Crippen molar-refractivity contribution in [3.8, 4) is 11.3 Å². The van der Waals surface area contributed by atoms with E-state index in [2.05, 4.69) is 27.2 Å². The zero-order chi connectivity index (χ0) is 28.4. The van der Waals surface area contributed by atoms with Gasteiger partial charge >= 0.3 is 6.09 Å². The number of pyridine rings is 1. The summed E-state index contributed by atoms with van der Waals surface area (Å²) in [6.45, 7) is 8.87. The third-order valence-electron chi connectivity index (χ3n) is 6.90. The third-order valence-corrected chi connectivity index (χ3v) is 6.90. The molecule has 4 heterocycles. The van der Waals surface area contributed by atoms with Crippen molar-refractivity contribution in [1.29, 1.82) is 0 Å². The number of fused-ring (bicyclic) bond motifs is 1. The highest BCUT2D eigenvalue weighted by Gasteiger charge is 2.32. The number of nitrogens with one attached hydrogen (secondary N) is 1. The summed E-state index contributed by atoms with van der Waals surface area (Å²) in [5.74, 6) is 0.638. The third kappa shape index (κ3) is 5.73. The van der Waals surface area contributed by atoms with Crippen molar-refractivity contribution in [3.63, 3.8) is 0 Å². The van der Waals surface area contributed by atoms with Gasteiger partial charge in [-0.05, 0) is 63.8 Å². The van der Waals surface area contributed by atoms with Crippen LogP contribution in [0.1, 0.15) is 56.9 Å². The number of aromatic nitrogens is 5. The van der Waals surface area contributed by atoms with Gasteiger partial charge in [0.2, 0.25) is 0 Å². The molecule has 2 amide bonds. The largest absolute Gasteiger partial charge is 0.444 e. The Labute approximate surface area is 232 Å². The molecule has 0 bridgehead atoms. The van der Waals surface area contributed by atoms with Crippen molar-refractivity contribution in [3.05, 3.63) is 60.6 Å². The quantitative estimate of drug-likeness (QED) is 0.370. The van der Waals surface area contributed by atoms with Crippen molar-refractivity contribution >= 4 is 34.7 Å². The first-order valence-corrected chi connectivity index (χ1v) is 13.4. The maximum Gasteiger partial charge on any atom is 0.410 e. The van der Waals surface area contributed by atoms with Gasteiger partial charge in [-0.15, -0.1) is 0 Å². The molecule has 0 saturated carbocycles. The predicted molar refractivity (Wildman–Crippen MR) is 153 cm³/mol. The Morgan fingerprint density at radius 1 is 1.07 bits per heavy atom. The van der Waals surface area contributed by atoms with E-state index >= 15 is 0 Å². The van der Waals surface area contributed by atoms with Crippen molar-refractivity contribution in [1.82, 2.24) is 29.6 Å². The van der Waals surface area contributed by atoms with Gasteiger partial charge in [-0.1, -0.05) is 25.1 Å². The van der Waals surface area contributed by atoms with Crippen LogP contribution >= 0.6 is 0 Å². The van der Waals surface area contributed by atoms with Gasteiger partial charge in [-0.3, -0.25) is 4.79 Å². The predicted octanol–water partition coefficient (Wildman–Crippen LogP) is 4.93. The summed E-state index contributed by atoms with van der Waals surface area (Å²) in [6.07, 6.45) is 4.37. The Hall–Kier alpha value is -4.54. The van der Waals surface area contributed by atoms with Crippen LogP contribution in [0, 0.1) is 5.92 Å². The van der Waals surface area contributed by atoms with E-state index in [9.17, 15) is 9.59 Å². The van der Waals surface area contributed by atoms with Crippen LogP contribution in [0.5, 0.6) is 0 Å². The van der Waals surface area contributed by atoms with Gasteiger partial charge in [0.05, 0.1) is 11.4 Å². The number of benzene rings is 1. The molecule has 3 aromatic heterocycles. The van der Waals surface area contributed by atoms with Crippen LogP contribution in [0.3, 0.4) is 0 Å². The molecule has 1 aromatic carbocycles. The van der Waals surface area contributed by atoms with E-state index in [0.29, 0.717) is 47.0 Å². The molecule has 2 atom stereocenters. The Balaban J connectivity index is 1.43. The van der Waals surface area contributed by atoms with E-state index in [4.69, 9.17) is 15.6 Å². The fourth-order valence-corrected chi connectivity index (χ4v) is 5.03. The molecule has 1 aliphatic rings. The van der Waals surface area contributed by atoms with Crippen LogP contribution in [0.25, 0.3) is 22.3 Å². The molecule has 11 heteroatoms. The van der Waals surface area contributed by atoms with E-state index in [1.54, 1.807) is 35.4 Å². The Bertz CT molecular complexity index is 1510. The van der Waals surface area contributed by atoms with E-state index < -0.39 is 5.60 Å². The molecular formula is C29H34N8O3. The fraction of sp³-hybridized carbons (Fsp3) is 0.379. The number of carbonyl (C=O) groups excluding carboxylic acids is 2. The zero-order valence-electron chi connectivity index (χ0n) is 23.2. The van der Waals surface area contributed by atoms with Gasteiger partial charge in [0, 0.05) is 30.4 Å². The molecule has 1 aliphatic heterocycles. The number of carbonyl (C=O) groups is 2. The van der Waals surface area contributed by atoms with E-state index in [1.807, 2.05) is 43.7 Å². The van der Waals surface area contributed by atoms with Gasteiger partial charge in [0.1, 0.15) is 29.3 Å². The van der Waals surface area contributed by atoms with Gasteiger partial charge in [0.25, 0.3) is 5.91 Å². The van der Waals surface area contributed by atoms with Crippen molar-refractivity contribution in [2.24, 2.45) is 5.92 Å². The monoisotopic (exact) mass is 542 g/mol. The fourth-order valence-electron chi connectivity index (χ4n) is 5.03. The number of nitrogen functional groups attached to an aromatic ring is 1. The van der Waals surface area contributed by atoms with Gasteiger partial charge in [0.15, 0.2) is 5.65 Å². The standard InChI is InChI=1S/C29H34N8O3/c1-18-16-36(28(39)40-29(2,3)4)15-7-8-21(18)37-26-23(25(30)32-17-33-26)24(35-37)19-10-12-20(13-11-19)27(38)34-22-9-5-6-14-31-22/h5-6,9-14,17-18,21H,7-8,15-16H2,1-4H3,(H2,30,32,33)(H,31,34,38)/t18-,21?/m0/s1. The molecule has 1 fully saturated rings. The number of anilines is 2. The van der Waals surface area contributed by atoms with Crippen LogP contribution in [0.4, 0.5) is 16.4 Å². The minimum absolute atomic E-state index is 0.0126. The molecule has 3 N–H and O–H groups in total. The summed E-state index contributed by atoms with van der Waals surface area (Å²) in [6, 6.07) is 12.5. The lowest BCUT2D eigenvalue weighted by Crippen LogP contribution is -2.39. The van der Waals surface area contributed by atoms with Crippen LogP contribution in [0.15, 0.2) is 55.0 Å². The zero-order valence-corrected chi connectivity index (χ0v) is 23.2. The number of hydrogen-bond donors (Lipinski definition) is 2. The Morgan fingerprint density at radius 3 is 2.55 bits per heavy atom. The number of likely N-dealkylation sites (tertiary alicyclic amines) is 1. The summed E-state index contributed by atoms with van der Waals surface area (Å²) in [7, 11) is 0. The number of hydrogen-bond acceptors (Lipinski definition) is 8. The molecule has 0 spiro atoms. The summed E-state index contributed by atoms with van der Waals surface area (Å²) < 4.78 is 7.55. The minimum Gasteiger partial charge on any atom is -0.444 e. The number of ether oxygens (including phenoxy) is 1. The van der Waals surface area contributed by atoms with Crippen LogP contribution in [0.2, 0.25) is 0 Å². The Kier molecular flexibility index (Phi) is 7.38. The first-order chi connectivity index (χ1) is 19.1. The second-order valence-electron chi connectivity index (χ2n) is 11.1. The van der Waals surface area contributed by atoms with E-state index in [1.165, 1.54) is 6.33 Å². The number of nitrogens with two attached hydrogens (primary N) is 1. The summed E-state index contributed by atoms with van der Waals surface area (Å²) in [5, 5.41) is 8.45. The summed E-state index contributed by atoms with van der Waals surface area (Å²) in [4.78, 5) is 40.2. The van der Waals surface area contributed by atoms with E-state index in [-0.39, 0.29) is 24.0 Å². The van der Waals surface area contributed by atoms with Crippen LogP contribution in [-0.2, 0) is 4.74 Å². The van der Waals surface area contributed by atoms with Gasteiger partial charge in [-0.2, -0.15) is 5.10 Å². The molecule has 208 valence electrons. The topological polar surface area (TPSA) is 141 Å². The molecule has 11 nitrogen and oxygen atoms in total. The second-order valence-corrected chi connectivity index (χ2v) is 11.1. The minimum atomic E-state index is -0.553. The summed E-state index contributed by atoms with van der Waals surface area (Å²) >= 11 is 0. The normalized spacial score (nSPS) is 17.9. The smallest absolute Gasteiger partial charge is 0.410 e. The highest BCUT2D eigenvalue weighted by molar-refractivity contribution is 6.04. The average molecular weight is 543 g/mol. The van der Waals surface area contributed by atoms with Crippen LogP contribution < -0.4 is 11.1 Å². The van der Waals surface area contributed by atoms with E-state index in [0.717, 1.165) is 18.4 Å². The highest BCUT2D eigenvalue weighted by Crippen LogP contribution is 2.36.